The minimum Gasteiger partial charge on any atom is -0.329 e. The summed E-state index contributed by atoms with van der Waals surface area (Å²) in [7, 11) is 0. The molecule has 2 heterocycles. The first-order valence-corrected chi connectivity index (χ1v) is 8.14. The molecule has 2 unspecified atom stereocenters. The zero-order valence-corrected chi connectivity index (χ0v) is 12.3. The Bertz CT molecular complexity index is 418. The van der Waals surface area contributed by atoms with Gasteiger partial charge in [0.25, 0.3) is 0 Å². The van der Waals surface area contributed by atoms with Gasteiger partial charge >= 0.3 is 0 Å². The van der Waals surface area contributed by atoms with Gasteiger partial charge in [-0.2, -0.15) is 0 Å². The first-order valence-electron chi connectivity index (χ1n) is 7.26. The van der Waals surface area contributed by atoms with E-state index in [4.69, 9.17) is 5.73 Å². The molecule has 2 atom stereocenters. The normalized spacial score (nSPS) is 27.8. The molecule has 0 spiro atoms. The van der Waals surface area contributed by atoms with Crippen LogP contribution in [0.3, 0.4) is 0 Å². The lowest BCUT2D eigenvalue weighted by atomic mass is 9.84. The Kier molecular flexibility index (Phi) is 3.25. The smallest absolute Gasteiger partial charge is 0.0363 e. The van der Waals surface area contributed by atoms with Crippen molar-refractivity contribution in [2.24, 2.45) is 11.7 Å². The quantitative estimate of drug-likeness (QED) is 0.905. The van der Waals surface area contributed by atoms with E-state index in [1.54, 1.807) is 10.4 Å². The Morgan fingerprint density at radius 1 is 1.50 bits per heavy atom. The van der Waals surface area contributed by atoms with E-state index >= 15 is 0 Å². The Balaban J connectivity index is 1.92. The number of rotatable bonds is 4. The molecular weight excluding hydrogens is 240 g/mol. The minimum absolute atomic E-state index is 0.263. The maximum absolute atomic E-state index is 6.21. The van der Waals surface area contributed by atoms with E-state index in [9.17, 15) is 0 Å². The van der Waals surface area contributed by atoms with E-state index in [1.165, 1.54) is 32.2 Å². The summed E-state index contributed by atoms with van der Waals surface area (Å²) in [5.74, 6) is 0.843. The Labute approximate surface area is 114 Å². The molecule has 0 saturated heterocycles. The summed E-state index contributed by atoms with van der Waals surface area (Å²) in [6.45, 7) is 6.70. The molecule has 1 saturated carbocycles. The van der Waals surface area contributed by atoms with Crippen molar-refractivity contribution in [3.05, 3.63) is 21.9 Å². The van der Waals surface area contributed by atoms with Gasteiger partial charge in [0.05, 0.1) is 0 Å². The van der Waals surface area contributed by atoms with Crippen LogP contribution in [0.1, 0.15) is 49.6 Å². The molecular formula is C15H24N2S. The highest BCUT2D eigenvalue weighted by Gasteiger charge is 2.49. The van der Waals surface area contributed by atoms with Crippen LogP contribution in [0.2, 0.25) is 0 Å². The number of hydrogen-bond donors (Lipinski definition) is 1. The molecule has 1 fully saturated rings. The highest BCUT2D eigenvalue weighted by molar-refractivity contribution is 7.10. The zero-order valence-electron chi connectivity index (χ0n) is 11.5. The van der Waals surface area contributed by atoms with E-state index < -0.39 is 0 Å². The Morgan fingerprint density at radius 3 is 2.89 bits per heavy atom. The van der Waals surface area contributed by atoms with Crippen molar-refractivity contribution in [1.29, 1.82) is 0 Å². The van der Waals surface area contributed by atoms with Crippen LogP contribution in [0.25, 0.3) is 0 Å². The molecule has 18 heavy (non-hydrogen) atoms. The monoisotopic (exact) mass is 264 g/mol. The van der Waals surface area contributed by atoms with E-state index in [-0.39, 0.29) is 5.54 Å². The van der Waals surface area contributed by atoms with Crippen LogP contribution in [-0.4, -0.2) is 23.5 Å². The fourth-order valence-electron chi connectivity index (χ4n) is 3.89. The molecule has 0 radical (unpaired) electrons. The molecule has 1 aliphatic carbocycles. The van der Waals surface area contributed by atoms with Crippen molar-refractivity contribution in [3.63, 3.8) is 0 Å². The summed E-state index contributed by atoms with van der Waals surface area (Å²) in [5, 5.41) is 2.25. The molecule has 0 bridgehead atoms. The van der Waals surface area contributed by atoms with E-state index in [2.05, 4.69) is 30.2 Å². The second-order valence-corrected chi connectivity index (χ2v) is 6.85. The van der Waals surface area contributed by atoms with E-state index in [0.29, 0.717) is 6.04 Å². The topological polar surface area (TPSA) is 29.3 Å². The number of hydrogen-bond acceptors (Lipinski definition) is 3. The second-order valence-electron chi connectivity index (χ2n) is 5.85. The number of fused-ring (bicyclic) bond motifs is 1. The SMILES string of the molecule is CCC(CN)(C1CC1)N1CCc2sccc2C1C. The third kappa shape index (κ3) is 1.75. The summed E-state index contributed by atoms with van der Waals surface area (Å²) in [6.07, 6.45) is 5.17. The average molecular weight is 264 g/mol. The van der Waals surface area contributed by atoms with E-state index in [0.717, 1.165) is 12.5 Å². The van der Waals surface area contributed by atoms with Crippen LogP contribution in [0.4, 0.5) is 0 Å². The fraction of sp³-hybridized carbons (Fsp3) is 0.733. The molecule has 2 aliphatic rings. The third-order valence-electron chi connectivity index (χ3n) is 5.15. The molecule has 0 aromatic carbocycles. The van der Waals surface area contributed by atoms with Gasteiger partial charge in [-0.25, -0.2) is 0 Å². The first-order chi connectivity index (χ1) is 8.73. The highest BCUT2D eigenvalue weighted by atomic mass is 32.1. The fourth-order valence-corrected chi connectivity index (χ4v) is 4.86. The third-order valence-corrected chi connectivity index (χ3v) is 6.15. The predicted octanol–water partition coefficient (Wildman–Crippen LogP) is 3.18. The highest BCUT2D eigenvalue weighted by Crippen LogP contribution is 2.49. The summed E-state index contributed by atoms with van der Waals surface area (Å²) in [4.78, 5) is 4.32. The van der Waals surface area contributed by atoms with Crippen LogP contribution >= 0.6 is 11.3 Å². The summed E-state index contributed by atoms with van der Waals surface area (Å²) >= 11 is 1.92. The molecule has 0 amide bonds. The van der Waals surface area contributed by atoms with Crippen molar-refractivity contribution in [3.8, 4) is 0 Å². The van der Waals surface area contributed by atoms with Crippen molar-refractivity contribution >= 4 is 11.3 Å². The Morgan fingerprint density at radius 2 is 2.28 bits per heavy atom. The number of thiophene rings is 1. The predicted molar refractivity (Wildman–Crippen MR) is 77.9 cm³/mol. The van der Waals surface area contributed by atoms with Crippen LogP contribution in [-0.2, 0) is 6.42 Å². The van der Waals surface area contributed by atoms with Gasteiger partial charge in [0, 0.05) is 29.5 Å². The second kappa shape index (κ2) is 4.62. The van der Waals surface area contributed by atoms with Crippen molar-refractivity contribution in [2.75, 3.05) is 13.1 Å². The Hall–Kier alpha value is -0.380. The van der Waals surface area contributed by atoms with E-state index in [1.807, 2.05) is 11.3 Å². The molecule has 1 aliphatic heterocycles. The molecule has 3 heteroatoms. The standard InChI is InChI=1S/C15H24N2S/c1-3-15(10-16,12-4-5-12)17-8-6-14-13(11(17)2)7-9-18-14/h7,9,11-12H,3-6,8,10,16H2,1-2H3. The molecule has 100 valence electrons. The maximum Gasteiger partial charge on any atom is 0.0363 e. The lowest BCUT2D eigenvalue weighted by Gasteiger charge is -2.49. The van der Waals surface area contributed by atoms with Crippen molar-refractivity contribution in [1.82, 2.24) is 4.90 Å². The summed E-state index contributed by atoms with van der Waals surface area (Å²) < 4.78 is 0. The largest absolute Gasteiger partial charge is 0.329 e. The van der Waals surface area contributed by atoms with Crippen LogP contribution < -0.4 is 5.73 Å². The molecule has 1 aromatic rings. The lowest BCUT2D eigenvalue weighted by Crippen LogP contribution is -2.57. The van der Waals surface area contributed by atoms with Crippen LogP contribution in [0.15, 0.2) is 11.4 Å². The van der Waals surface area contributed by atoms with Gasteiger partial charge in [0.1, 0.15) is 0 Å². The van der Waals surface area contributed by atoms with Crippen molar-refractivity contribution in [2.45, 2.75) is 51.1 Å². The van der Waals surface area contributed by atoms with Crippen LogP contribution in [0.5, 0.6) is 0 Å². The molecule has 2 nitrogen and oxygen atoms in total. The molecule has 3 rings (SSSR count). The first kappa shape index (κ1) is 12.6. The summed E-state index contributed by atoms with van der Waals surface area (Å²) in [5.41, 5.74) is 8.03. The summed E-state index contributed by atoms with van der Waals surface area (Å²) in [6, 6.07) is 2.87. The van der Waals surface area contributed by atoms with Gasteiger partial charge in [-0.15, -0.1) is 11.3 Å². The zero-order chi connectivity index (χ0) is 12.8. The van der Waals surface area contributed by atoms with Gasteiger partial charge in [-0.3, -0.25) is 4.90 Å². The van der Waals surface area contributed by atoms with Crippen LogP contribution in [0, 0.1) is 5.92 Å². The van der Waals surface area contributed by atoms with Gasteiger partial charge in [-0.1, -0.05) is 6.92 Å². The molecule has 1 aromatic heterocycles. The van der Waals surface area contributed by atoms with Gasteiger partial charge < -0.3 is 5.73 Å². The van der Waals surface area contributed by atoms with Gasteiger partial charge in [0.2, 0.25) is 0 Å². The molecule has 2 N–H and O–H groups in total. The number of nitrogens with zero attached hydrogens (tertiary/aromatic N) is 1. The maximum atomic E-state index is 6.21. The minimum atomic E-state index is 0.263. The lowest BCUT2D eigenvalue weighted by molar-refractivity contribution is 0.0264. The average Bonchev–Trinajstić information content (AvgIpc) is 3.12. The van der Waals surface area contributed by atoms with Crippen molar-refractivity contribution < 1.29 is 0 Å². The van der Waals surface area contributed by atoms with Gasteiger partial charge in [-0.05, 0) is 55.5 Å². The number of nitrogens with two attached hydrogens (primary N) is 1. The van der Waals surface area contributed by atoms with Gasteiger partial charge in [0.15, 0.2) is 0 Å².